The van der Waals surface area contributed by atoms with Gasteiger partial charge < -0.3 is 24.1 Å². The van der Waals surface area contributed by atoms with Gasteiger partial charge in [0.2, 0.25) is 0 Å². The van der Waals surface area contributed by atoms with Crippen LogP contribution < -0.4 is 0 Å². The van der Waals surface area contributed by atoms with Gasteiger partial charge in [0.05, 0.1) is 18.4 Å². The van der Waals surface area contributed by atoms with E-state index in [2.05, 4.69) is 0 Å². The fourth-order valence-electron chi connectivity index (χ4n) is 3.33. The minimum Gasteiger partial charge on any atom is -0.459 e. The molecule has 2 aromatic carbocycles. The average molecular weight is 467 g/mol. The molecule has 32 heavy (non-hydrogen) atoms. The van der Waals surface area contributed by atoms with E-state index in [0.29, 0.717) is 5.56 Å². The quantitative estimate of drug-likeness (QED) is 0.411. The highest BCUT2D eigenvalue weighted by Gasteiger charge is 2.50. The van der Waals surface area contributed by atoms with Gasteiger partial charge in [-0.3, -0.25) is 4.18 Å². The van der Waals surface area contributed by atoms with Gasteiger partial charge in [-0.15, -0.1) is 0 Å². The summed E-state index contributed by atoms with van der Waals surface area (Å²) in [6.45, 7) is -0.311. The monoisotopic (exact) mass is 466 g/mol. The summed E-state index contributed by atoms with van der Waals surface area (Å²) in [4.78, 5) is 12.3. The van der Waals surface area contributed by atoms with Gasteiger partial charge in [0.25, 0.3) is 10.1 Å². The molecule has 5 atom stereocenters. The first-order chi connectivity index (χ1) is 15.3. The molecular formula is C22H26O9S. The Morgan fingerprint density at radius 2 is 1.72 bits per heavy atom. The van der Waals surface area contributed by atoms with Crippen LogP contribution in [-0.4, -0.2) is 70.2 Å². The van der Waals surface area contributed by atoms with Crippen molar-refractivity contribution in [2.24, 2.45) is 0 Å². The fraction of sp³-hybridized carbons (Fsp3) is 0.409. The molecule has 1 saturated heterocycles. The number of methoxy groups -OCH3 is 1. The van der Waals surface area contributed by atoms with Crippen LogP contribution in [0.25, 0.3) is 0 Å². The van der Waals surface area contributed by atoms with Crippen molar-refractivity contribution in [1.29, 1.82) is 0 Å². The highest BCUT2D eigenvalue weighted by Crippen LogP contribution is 2.30. The smallest absolute Gasteiger partial charge is 0.338 e. The van der Waals surface area contributed by atoms with Gasteiger partial charge in [0.15, 0.2) is 6.29 Å². The minimum atomic E-state index is -3.95. The number of aliphatic hydroxyl groups excluding tert-OH is 1. The molecule has 10 heteroatoms. The van der Waals surface area contributed by atoms with Crippen molar-refractivity contribution < 1.29 is 41.4 Å². The van der Waals surface area contributed by atoms with Crippen molar-refractivity contribution >= 4 is 16.1 Å². The number of hydrogen-bond acceptors (Lipinski definition) is 9. The second-order valence-electron chi connectivity index (χ2n) is 7.26. The summed E-state index contributed by atoms with van der Waals surface area (Å²) < 4.78 is 50.9. The lowest BCUT2D eigenvalue weighted by atomic mass is 10.1. The molecule has 9 nitrogen and oxygen atoms in total. The third-order valence-electron chi connectivity index (χ3n) is 4.80. The van der Waals surface area contributed by atoms with E-state index < -0.39 is 53.4 Å². The summed E-state index contributed by atoms with van der Waals surface area (Å²) in [6, 6.07) is 17.5. The second-order valence-corrected chi connectivity index (χ2v) is 8.86. The third-order valence-corrected chi connectivity index (χ3v) is 5.40. The van der Waals surface area contributed by atoms with Crippen molar-refractivity contribution in [3.05, 3.63) is 71.8 Å². The van der Waals surface area contributed by atoms with E-state index in [1.54, 1.807) is 30.3 Å². The SMILES string of the molecule is CO[C@@H]1O[C@H]([C@@H](COC(=O)c2ccccc2)OS(C)(=O)=O)[C@@H](OCc2ccccc2)C1O. The highest BCUT2D eigenvalue weighted by molar-refractivity contribution is 7.86. The molecule has 2 aromatic rings. The molecule has 0 bridgehead atoms. The Kier molecular flexibility index (Phi) is 8.35. The largest absolute Gasteiger partial charge is 0.459 e. The number of carbonyl (C=O) groups excluding carboxylic acids is 1. The van der Waals surface area contributed by atoms with Gasteiger partial charge in [0.1, 0.15) is 31.0 Å². The van der Waals surface area contributed by atoms with Crippen LogP contribution >= 0.6 is 0 Å². The van der Waals surface area contributed by atoms with Crippen molar-refractivity contribution in [3.8, 4) is 0 Å². The summed E-state index contributed by atoms with van der Waals surface area (Å²) in [5.74, 6) is -0.656. The zero-order chi connectivity index (χ0) is 23.1. The molecule has 0 spiro atoms. The number of aliphatic hydroxyl groups is 1. The van der Waals surface area contributed by atoms with E-state index in [1.165, 1.54) is 7.11 Å². The topological polar surface area (TPSA) is 118 Å². The van der Waals surface area contributed by atoms with Gasteiger partial charge >= 0.3 is 5.97 Å². The predicted molar refractivity (Wildman–Crippen MR) is 113 cm³/mol. The van der Waals surface area contributed by atoms with E-state index in [0.717, 1.165) is 11.8 Å². The van der Waals surface area contributed by atoms with Crippen molar-refractivity contribution in [3.63, 3.8) is 0 Å². The van der Waals surface area contributed by atoms with Crippen molar-refractivity contribution in [1.82, 2.24) is 0 Å². The van der Waals surface area contributed by atoms with Crippen LogP contribution in [0, 0.1) is 0 Å². The molecule has 1 fully saturated rings. The lowest BCUT2D eigenvalue weighted by Gasteiger charge is -2.27. The van der Waals surface area contributed by atoms with Gasteiger partial charge in [0, 0.05) is 7.11 Å². The summed E-state index contributed by atoms with van der Waals surface area (Å²) in [7, 11) is -2.62. The molecule has 0 aliphatic carbocycles. The number of carbonyl (C=O) groups is 1. The summed E-state index contributed by atoms with van der Waals surface area (Å²) in [5, 5.41) is 10.6. The molecule has 0 saturated carbocycles. The maximum Gasteiger partial charge on any atom is 0.338 e. The molecule has 174 valence electrons. The highest BCUT2D eigenvalue weighted by atomic mass is 32.2. The molecule has 0 radical (unpaired) electrons. The molecule has 0 aromatic heterocycles. The lowest BCUT2D eigenvalue weighted by Crippen LogP contribution is -2.45. The van der Waals surface area contributed by atoms with Gasteiger partial charge in [-0.05, 0) is 17.7 Å². The number of hydrogen-bond donors (Lipinski definition) is 1. The Labute approximate surface area is 186 Å². The molecule has 1 heterocycles. The predicted octanol–water partition coefficient (Wildman–Crippen LogP) is 1.51. The van der Waals surface area contributed by atoms with Crippen molar-refractivity contribution in [2.75, 3.05) is 20.0 Å². The molecule has 1 N–H and O–H groups in total. The maximum absolute atomic E-state index is 12.3. The zero-order valence-corrected chi connectivity index (χ0v) is 18.5. The molecule has 1 unspecified atom stereocenters. The average Bonchev–Trinajstić information content (AvgIpc) is 3.10. The van der Waals surface area contributed by atoms with E-state index in [-0.39, 0.29) is 6.61 Å². The number of rotatable bonds is 10. The van der Waals surface area contributed by atoms with Gasteiger partial charge in [-0.2, -0.15) is 8.42 Å². The van der Waals surface area contributed by atoms with Crippen LogP contribution in [0.3, 0.4) is 0 Å². The first kappa shape index (κ1) is 24.3. The zero-order valence-electron chi connectivity index (χ0n) is 17.7. The minimum absolute atomic E-state index is 0.133. The van der Waals surface area contributed by atoms with Crippen LogP contribution in [0.1, 0.15) is 15.9 Å². The van der Waals surface area contributed by atoms with E-state index in [9.17, 15) is 18.3 Å². The Morgan fingerprint density at radius 3 is 2.31 bits per heavy atom. The fourth-order valence-corrected chi connectivity index (χ4v) is 3.95. The normalized spacial score (nSPS) is 24.2. The number of benzene rings is 2. The Bertz CT molecular complexity index is 965. The Hall–Kier alpha value is -2.34. The van der Waals surface area contributed by atoms with Gasteiger partial charge in [-0.1, -0.05) is 48.5 Å². The first-order valence-corrected chi connectivity index (χ1v) is 11.7. The standard InChI is InChI=1S/C22H26O9S/c1-27-22-18(23)20(28-13-15-9-5-3-6-10-15)19(30-22)17(31-32(2,25)26)14-29-21(24)16-11-7-4-8-12-16/h3-12,17-20,22-23H,13-14H2,1-2H3/t17-,18?,19-,20+,22-/m1/s1. The van der Waals surface area contributed by atoms with Crippen LogP contribution in [0.4, 0.5) is 0 Å². The summed E-state index contributed by atoms with van der Waals surface area (Å²) in [6.07, 6.45) is -4.77. The molecule has 1 aliphatic rings. The molecule has 0 amide bonds. The van der Waals surface area contributed by atoms with E-state index >= 15 is 0 Å². The maximum atomic E-state index is 12.3. The summed E-state index contributed by atoms with van der Waals surface area (Å²) >= 11 is 0. The van der Waals surface area contributed by atoms with Gasteiger partial charge in [-0.25, -0.2) is 4.79 Å². The second kappa shape index (κ2) is 11.0. The Morgan fingerprint density at radius 1 is 1.09 bits per heavy atom. The lowest BCUT2D eigenvalue weighted by molar-refractivity contribution is -0.163. The van der Waals surface area contributed by atoms with Crippen LogP contribution in [-0.2, 0) is 39.9 Å². The molecular weight excluding hydrogens is 440 g/mol. The number of esters is 1. The van der Waals surface area contributed by atoms with Crippen LogP contribution in [0.15, 0.2) is 60.7 Å². The molecule has 3 rings (SSSR count). The first-order valence-electron chi connectivity index (χ1n) is 9.91. The van der Waals surface area contributed by atoms with Crippen LogP contribution in [0.5, 0.6) is 0 Å². The summed E-state index contributed by atoms with van der Waals surface area (Å²) in [5.41, 5.74) is 1.14. The number of ether oxygens (including phenoxy) is 4. The van der Waals surface area contributed by atoms with Crippen molar-refractivity contribution in [2.45, 2.75) is 37.3 Å². The Balaban J connectivity index is 1.77. The molecule has 1 aliphatic heterocycles. The van der Waals surface area contributed by atoms with E-state index in [1.807, 2.05) is 30.3 Å². The third kappa shape index (κ3) is 6.58. The van der Waals surface area contributed by atoms with E-state index in [4.69, 9.17) is 23.1 Å². The van der Waals surface area contributed by atoms with Crippen LogP contribution in [0.2, 0.25) is 0 Å².